The van der Waals surface area contributed by atoms with Gasteiger partial charge in [0.2, 0.25) is 0 Å². The van der Waals surface area contributed by atoms with Crippen molar-refractivity contribution in [3.63, 3.8) is 0 Å². The molecule has 0 aromatic heterocycles. The van der Waals surface area contributed by atoms with Crippen LogP contribution in [0.1, 0.15) is 53.7 Å². The molecule has 0 amide bonds. The van der Waals surface area contributed by atoms with Gasteiger partial charge in [-0.1, -0.05) is 36.4 Å². The second-order valence-corrected chi connectivity index (χ2v) is 10.3. The molecule has 3 aromatic carbocycles. The molecule has 5 nitrogen and oxygen atoms in total. The van der Waals surface area contributed by atoms with Crippen LogP contribution in [0.5, 0.6) is 11.5 Å². The van der Waals surface area contributed by atoms with Gasteiger partial charge in [0.15, 0.2) is 0 Å². The van der Waals surface area contributed by atoms with E-state index in [1.54, 1.807) is 6.07 Å². The minimum Gasteiger partial charge on any atom is -0.489 e. The summed E-state index contributed by atoms with van der Waals surface area (Å²) in [5.41, 5.74) is 5.04. The smallest absolute Gasteiger partial charge is 0.144 e. The molecule has 2 aliphatic heterocycles. The number of hydrogen-bond donors (Lipinski definition) is 2. The zero-order valence-electron chi connectivity index (χ0n) is 20.7. The third-order valence-electron chi connectivity index (χ3n) is 7.14. The van der Waals surface area contributed by atoms with Gasteiger partial charge in [0.1, 0.15) is 29.5 Å². The fourth-order valence-electron chi connectivity index (χ4n) is 5.12. The molecule has 2 aliphatic rings. The zero-order valence-corrected chi connectivity index (χ0v) is 20.7. The first-order valence-electron chi connectivity index (χ1n) is 12.5. The Morgan fingerprint density at radius 1 is 1.06 bits per heavy atom. The molecule has 5 rings (SSSR count). The van der Waals surface area contributed by atoms with Gasteiger partial charge in [-0.3, -0.25) is 0 Å². The normalized spacial score (nSPS) is 25.3. The molecule has 2 heterocycles. The van der Waals surface area contributed by atoms with Crippen LogP contribution in [0, 0.1) is 12.7 Å². The Labute approximate surface area is 211 Å². The van der Waals surface area contributed by atoms with E-state index in [0.29, 0.717) is 31.6 Å². The van der Waals surface area contributed by atoms with Gasteiger partial charge in [-0.2, -0.15) is 0 Å². The molecule has 1 fully saturated rings. The number of rotatable bonds is 7. The molecule has 0 spiro atoms. The Morgan fingerprint density at radius 3 is 2.64 bits per heavy atom. The third-order valence-corrected chi connectivity index (χ3v) is 7.14. The number of halogens is 1. The maximum Gasteiger partial charge on any atom is 0.144 e. The molecule has 190 valence electrons. The number of benzene rings is 3. The summed E-state index contributed by atoms with van der Waals surface area (Å²) in [6.45, 7) is 4.35. The van der Waals surface area contributed by atoms with E-state index in [4.69, 9.17) is 14.2 Å². The quantitative estimate of drug-likeness (QED) is 0.482. The maximum absolute atomic E-state index is 13.5. The van der Waals surface area contributed by atoms with E-state index >= 15 is 0 Å². The van der Waals surface area contributed by atoms with Crippen LogP contribution in [0.15, 0.2) is 60.7 Å². The van der Waals surface area contributed by atoms with Crippen LogP contribution >= 0.6 is 0 Å². The molecule has 3 aromatic rings. The van der Waals surface area contributed by atoms with Crippen molar-refractivity contribution in [2.45, 2.75) is 63.4 Å². The molecule has 6 heteroatoms. The van der Waals surface area contributed by atoms with Crippen LogP contribution in [0.3, 0.4) is 0 Å². The van der Waals surface area contributed by atoms with Gasteiger partial charge in [-0.15, -0.1) is 0 Å². The molecule has 0 aliphatic carbocycles. The fraction of sp³-hybridized carbons (Fsp3) is 0.400. The van der Waals surface area contributed by atoms with Crippen LogP contribution in [-0.2, 0) is 17.6 Å². The van der Waals surface area contributed by atoms with E-state index in [1.165, 1.54) is 23.3 Å². The number of aliphatic hydroxyl groups is 2. The van der Waals surface area contributed by atoms with Crippen LogP contribution in [0.25, 0.3) is 0 Å². The lowest BCUT2D eigenvalue weighted by molar-refractivity contribution is -0.113. The van der Waals surface area contributed by atoms with Crippen molar-refractivity contribution in [1.29, 1.82) is 0 Å². The van der Waals surface area contributed by atoms with Crippen molar-refractivity contribution in [2.24, 2.45) is 0 Å². The summed E-state index contributed by atoms with van der Waals surface area (Å²) in [6.07, 6.45) is 1.43. The van der Waals surface area contributed by atoms with E-state index in [2.05, 4.69) is 31.2 Å². The summed E-state index contributed by atoms with van der Waals surface area (Å²) in [5, 5.41) is 19.7. The Kier molecular flexibility index (Phi) is 7.02. The second-order valence-electron chi connectivity index (χ2n) is 10.3. The van der Waals surface area contributed by atoms with Crippen LogP contribution in [0.4, 0.5) is 4.39 Å². The average molecular weight is 493 g/mol. The SMILES string of the molecule is Cc1ccc(C2CC(O)CC(CO)O2)cc1Cc1ccc(OCC2(C)Cc3ccc(F)cc3O2)cc1. The Morgan fingerprint density at radius 2 is 1.86 bits per heavy atom. The number of aliphatic hydroxyl groups excluding tert-OH is 2. The van der Waals surface area contributed by atoms with Gasteiger partial charge in [0.25, 0.3) is 0 Å². The number of fused-ring (bicyclic) bond motifs is 1. The van der Waals surface area contributed by atoms with Crippen LogP contribution in [0.2, 0.25) is 0 Å². The Balaban J connectivity index is 1.21. The van der Waals surface area contributed by atoms with Crippen molar-refractivity contribution in [3.05, 3.63) is 94.3 Å². The highest BCUT2D eigenvalue weighted by Crippen LogP contribution is 2.36. The molecule has 0 bridgehead atoms. The lowest BCUT2D eigenvalue weighted by Gasteiger charge is -2.32. The molecule has 2 N–H and O–H groups in total. The first-order valence-corrected chi connectivity index (χ1v) is 12.5. The average Bonchev–Trinajstić information content (AvgIpc) is 3.20. The molecular weight excluding hydrogens is 459 g/mol. The van der Waals surface area contributed by atoms with E-state index in [9.17, 15) is 14.6 Å². The number of ether oxygens (including phenoxy) is 3. The zero-order chi connectivity index (χ0) is 25.3. The van der Waals surface area contributed by atoms with Gasteiger partial charge >= 0.3 is 0 Å². The highest BCUT2D eigenvalue weighted by atomic mass is 19.1. The first kappa shape index (κ1) is 24.8. The van der Waals surface area contributed by atoms with Gasteiger partial charge in [0, 0.05) is 25.3 Å². The summed E-state index contributed by atoms with van der Waals surface area (Å²) >= 11 is 0. The van der Waals surface area contributed by atoms with E-state index in [0.717, 1.165) is 28.9 Å². The molecule has 1 saturated heterocycles. The standard InChI is InChI=1S/C30H33FO5/c1-19-3-6-21(28-15-25(33)14-27(17-32)35-28)12-23(19)11-20-4-9-26(10-5-20)34-18-30(2)16-22-7-8-24(31)13-29(22)36-30/h3-10,12-13,25,27-28,32-33H,11,14-18H2,1-2H3. The van der Waals surface area contributed by atoms with Crippen molar-refractivity contribution >= 4 is 0 Å². The topological polar surface area (TPSA) is 68.2 Å². The summed E-state index contributed by atoms with van der Waals surface area (Å²) in [4.78, 5) is 0. The van der Waals surface area contributed by atoms with Gasteiger partial charge in [-0.25, -0.2) is 4.39 Å². The summed E-state index contributed by atoms with van der Waals surface area (Å²) in [6, 6.07) is 19.0. The second kappa shape index (κ2) is 10.2. The summed E-state index contributed by atoms with van der Waals surface area (Å²) < 4.78 is 31.5. The lowest BCUT2D eigenvalue weighted by Crippen LogP contribution is -2.37. The predicted molar refractivity (Wildman–Crippen MR) is 135 cm³/mol. The molecule has 0 saturated carbocycles. The Bertz CT molecular complexity index is 1210. The minimum atomic E-state index is -0.532. The number of aryl methyl sites for hydroxylation is 1. The fourth-order valence-corrected chi connectivity index (χ4v) is 5.12. The number of hydrogen-bond acceptors (Lipinski definition) is 5. The van der Waals surface area contributed by atoms with E-state index < -0.39 is 11.7 Å². The monoisotopic (exact) mass is 492 g/mol. The van der Waals surface area contributed by atoms with Crippen molar-refractivity contribution in [3.8, 4) is 11.5 Å². The van der Waals surface area contributed by atoms with Crippen LogP contribution in [-0.4, -0.2) is 41.2 Å². The highest BCUT2D eigenvalue weighted by molar-refractivity contribution is 5.40. The molecule has 4 atom stereocenters. The third kappa shape index (κ3) is 5.56. The first-order chi connectivity index (χ1) is 17.3. The van der Waals surface area contributed by atoms with Crippen LogP contribution < -0.4 is 9.47 Å². The maximum atomic E-state index is 13.5. The molecule has 4 unspecified atom stereocenters. The summed E-state index contributed by atoms with van der Waals surface area (Å²) in [5.74, 6) is 1.05. The van der Waals surface area contributed by atoms with Crippen molar-refractivity contribution < 1.29 is 28.8 Å². The van der Waals surface area contributed by atoms with Gasteiger partial charge < -0.3 is 24.4 Å². The summed E-state index contributed by atoms with van der Waals surface area (Å²) in [7, 11) is 0. The molecular formula is C30H33FO5. The predicted octanol–water partition coefficient (Wildman–Crippen LogP) is 5.07. The highest BCUT2D eigenvalue weighted by Gasteiger charge is 2.36. The largest absolute Gasteiger partial charge is 0.489 e. The molecule has 0 radical (unpaired) electrons. The molecule has 36 heavy (non-hydrogen) atoms. The van der Waals surface area contributed by atoms with Crippen molar-refractivity contribution in [1.82, 2.24) is 0 Å². The minimum absolute atomic E-state index is 0.0859. The van der Waals surface area contributed by atoms with E-state index in [1.807, 2.05) is 25.1 Å². The van der Waals surface area contributed by atoms with Gasteiger partial charge in [0.05, 0.1) is 24.9 Å². The van der Waals surface area contributed by atoms with E-state index in [-0.39, 0.29) is 24.6 Å². The van der Waals surface area contributed by atoms with Crippen molar-refractivity contribution in [2.75, 3.05) is 13.2 Å². The van der Waals surface area contributed by atoms with Gasteiger partial charge in [-0.05, 0) is 66.3 Å². The lowest BCUT2D eigenvalue weighted by atomic mass is 9.92. The Hall–Kier alpha value is -2.93.